The van der Waals surface area contributed by atoms with Crippen LogP contribution in [0.1, 0.15) is 42.4 Å². The highest BCUT2D eigenvalue weighted by Gasteiger charge is 2.25. The number of guanidine groups is 1. The fraction of sp³-hybridized carbons (Fsp3) is 0.524. The molecule has 2 unspecified atom stereocenters. The van der Waals surface area contributed by atoms with Crippen LogP contribution in [0, 0.1) is 6.92 Å². The molecule has 0 aliphatic carbocycles. The first-order valence-corrected chi connectivity index (χ1v) is 10.5. The average Bonchev–Trinajstić information content (AvgIpc) is 3.38. The Labute approximate surface area is 199 Å². The lowest BCUT2D eigenvalue weighted by atomic mass is 9.90. The summed E-state index contributed by atoms with van der Waals surface area (Å²) >= 11 is 0. The molecule has 168 valence electrons. The van der Waals surface area contributed by atoms with Gasteiger partial charge in [-0.1, -0.05) is 18.2 Å². The van der Waals surface area contributed by atoms with E-state index in [9.17, 15) is 4.79 Å². The highest BCUT2D eigenvalue weighted by Crippen LogP contribution is 2.31. The summed E-state index contributed by atoms with van der Waals surface area (Å²) in [5, 5.41) is 18.0. The minimum absolute atomic E-state index is 0. The monoisotopic (exact) mass is 539 g/mol. The van der Waals surface area contributed by atoms with Crippen LogP contribution in [-0.2, 0) is 23.1 Å². The Morgan fingerprint density at radius 3 is 2.84 bits per heavy atom. The molecule has 0 radical (unpaired) electrons. The minimum atomic E-state index is 0. The summed E-state index contributed by atoms with van der Waals surface area (Å²) in [5.74, 6) is 2.47. The van der Waals surface area contributed by atoms with Crippen molar-refractivity contribution < 1.29 is 9.53 Å². The van der Waals surface area contributed by atoms with E-state index in [4.69, 9.17) is 9.73 Å². The molecular weight excluding hydrogens is 509 g/mol. The first-order valence-electron chi connectivity index (χ1n) is 10.5. The van der Waals surface area contributed by atoms with Crippen molar-refractivity contribution >= 4 is 41.5 Å². The van der Waals surface area contributed by atoms with E-state index in [-0.39, 0.29) is 41.9 Å². The lowest BCUT2D eigenvalue weighted by Crippen LogP contribution is -2.43. The third-order valence-electron chi connectivity index (χ3n) is 5.70. The molecule has 31 heavy (non-hydrogen) atoms. The van der Waals surface area contributed by atoms with Gasteiger partial charge in [0.15, 0.2) is 11.8 Å². The third kappa shape index (κ3) is 5.94. The van der Waals surface area contributed by atoms with Crippen molar-refractivity contribution in [2.75, 3.05) is 25.0 Å². The van der Waals surface area contributed by atoms with Crippen molar-refractivity contribution in [3.8, 4) is 0 Å². The fourth-order valence-corrected chi connectivity index (χ4v) is 3.83. The van der Waals surface area contributed by atoms with E-state index in [0.717, 1.165) is 42.3 Å². The number of ether oxygens (including phenoxy) is 1. The van der Waals surface area contributed by atoms with Gasteiger partial charge >= 0.3 is 0 Å². The number of rotatable bonds is 6. The van der Waals surface area contributed by atoms with Crippen molar-refractivity contribution in [2.24, 2.45) is 12.0 Å². The van der Waals surface area contributed by atoms with Crippen LogP contribution in [0.2, 0.25) is 0 Å². The summed E-state index contributed by atoms with van der Waals surface area (Å²) in [7, 11) is 1.94. The molecule has 1 aromatic heterocycles. The third-order valence-corrected chi connectivity index (χ3v) is 5.70. The first-order chi connectivity index (χ1) is 14.6. The van der Waals surface area contributed by atoms with E-state index < -0.39 is 0 Å². The SMILES string of the molecule is Cc1nnc(CN=C(NCC2CCCO2)NCC2CC(=O)Nc3ccccc32)n1C.I. The smallest absolute Gasteiger partial charge is 0.225 e. The zero-order valence-electron chi connectivity index (χ0n) is 17.9. The molecule has 0 bridgehead atoms. The zero-order chi connectivity index (χ0) is 20.9. The zero-order valence-corrected chi connectivity index (χ0v) is 20.3. The number of para-hydroxylation sites is 1. The number of nitrogens with one attached hydrogen (secondary N) is 3. The van der Waals surface area contributed by atoms with Crippen molar-refractivity contribution in [3.63, 3.8) is 0 Å². The van der Waals surface area contributed by atoms with Crippen molar-refractivity contribution in [1.82, 2.24) is 25.4 Å². The number of carbonyl (C=O) groups is 1. The van der Waals surface area contributed by atoms with Gasteiger partial charge in [0.2, 0.25) is 5.91 Å². The molecule has 0 spiro atoms. The van der Waals surface area contributed by atoms with Crippen LogP contribution in [0.5, 0.6) is 0 Å². The van der Waals surface area contributed by atoms with Gasteiger partial charge in [-0.3, -0.25) is 4.79 Å². The summed E-state index contributed by atoms with van der Waals surface area (Å²) < 4.78 is 7.65. The molecule has 10 heteroatoms. The Hall–Kier alpha value is -2.21. The summed E-state index contributed by atoms with van der Waals surface area (Å²) in [6.07, 6.45) is 2.80. The van der Waals surface area contributed by atoms with Gasteiger partial charge in [-0.2, -0.15) is 0 Å². The molecule has 2 aliphatic heterocycles. The summed E-state index contributed by atoms with van der Waals surface area (Å²) in [6.45, 7) is 4.46. The molecule has 9 nitrogen and oxygen atoms in total. The number of nitrogens with zero attached hydrogens (tertiary/aromatic N) is 4. The molecule has 1 saturated heterocycles. The van der Waals surface area contributed by atoms with Gasteiger partial charge in [0, 0.05) is 44.8 Å². The van der Waals surface area contributed by atoms with Crippen molar-refractivity contribution in [3.05, 3.63) is 41.5 Å². The van der Waals surface area contributed by atoms with Gasteiger partial charge in [0.25, 0.3) is 0 Å². The number of halogens is 1. The number of fused-ring (bicyclic) bond motifs is 1. The van der Waals surface area contributed by atoms with E-state index in [1.165, 1.54) is 0 Å². The fourth-order valence-electron chi connectivity index (χ4n) is 3.83. The van der Waals surface area contributed by atoms with Crippen molar-refractivity contribution in [2.45, 2.75) is 44.8 Å². The second kappa shape index (κ2) is 10.9. The van der Waals surface area contributed by atoms with Crippen LogP contribution in [-0.4, -0.2) is 52.4 Å². The Balaban J connectivity index is 0.00000272. The molecular formula is C21H30IN7O2. The molecule has 1 aromatic carbocycles. The van der Waals surface area contributed by atoms with Crippen LogP contribution in [0.15, 0.2) is 29.3 Å². The Morgan fingerprint density at radius 2 is 2.10 bits per heavy atom. The molecule has 3 heterocycles. The maximum atomic E-state index is 12.1. The standard InChI is InChI=1S/C21H29N7O2.HI/c1-14-26-27-19(28(14)2)13-24-21(23-12-16-6-5-9-30-16)22-11-15-10-20(29)25-18-8-4-3-7-17(15)18;/h3-4,7-8,15-16H,5-6,9-13H2,1-2H3,(H,25,29)(H2,22,23,24);1H. The van der Waals surface area contributed by atoms with Crippen LogP contribution in [0.3, 0.4) is 0 Å². The maximum absolute atomic E-state index is 12.1. The number of carbonyl (C=O) groups excluding carboxylic acids is 1. The lowest BCUT2D eigenvalue weighted by Gasteiger charge is -2.26. The van der Waals surface area contributed by atoms with E-state index >= 15 is 0 Å². The number of hydrogen-bond acceptors (Lipinski definition) is 5. The average molecular weight is 539 g/mol. The summed E-state index contributed by atoms with van der Waals surface area (Å²) in [4.78, 5) is 16.8. The predicted molar refractivity (Wildman–Crippen MR) is 130 cm³/mol. The molecule has 4 rings (SSSR count). The second-order valence-electron chi connectivity index (χ2n) is 7.82. The summed E-state index contributed by atoms with van der Waals surface area (Å²) in [5.41, 5.74) is 2.04. The number of aromatic nitrogens is 3. The maximum Gasteiger partial charge on any atom is 0.225 e. The number of anilines is 1. The van der Waals surface area contributed by atoms with Gasteiger partial charge < -0.3 is 25.3 Å². The van der Waals surface area contributed by atoms with Crippen LogP contribution < -0.4 is 16.0 Å². The number of benzene rings is 1. The van der Waals surface area contributed by atoms with Crippen molar-refractivity contribution in [1.29, 1.82) is 0 Å². The van der Waals surface area contributed by atoms with Crippen LogP contribution >= 0.6 is 24.0 Å². The van der Waals surface area contributed by atoms with Gasteiger partial charge in [-0.25, -0.2) is 4.99 Å². The molecule has 3 N–H and O–H groups in total. The molecule has 1 amide bonds. The number of aryl methyl sites for hydroxylation is 1. The van der Waals surface area contributed by atoms with Gasteiger partial charge in [0.05, 0.1) is 6.10 Å². The largest absolute Gasteiger partial charge is 0.376 e. The lowest BCUT2D eigenvalue weighted by molar-refractivity contribution is -0.116. The Morgan fingerprint density at radius 1 is 1.29 bits per heavy atom. The molecule has 2 aromatic rings. The topological polar surface area (TPSA) is 105 Å². The quantitative estimate of drug-likeness (QED) is 0.295. The Bertz CT molecular complexity index is 924. The number of aliphatic imine (C=N–C) groups is 1. The highest BCUT2D eigenvalue weighted by atomic mass is 127. The predicted octanol–water partition coefficient (Wildman–Crippen LogP) is 2.08. The van der Waals surface area contributed by atoms with Gasteiger partial charge in [-0.05, 0) is 31.4 Å². The second-order valence-corrected chi connectivity index (χ2v) is 7.82. The normalized spacial score (nSPS) is 20.6. The molecule has 2 aliphatic rings. The molecule has 2 atom stereocenters. The van der Waals surface area contributed by atoms with Gasteiger partial charge in [0.1, 0.15) is 12.4 Å². The number of amides is 1. The van der Waals surface area contributed by atoms with Crippen LogP contribution in [0.25, 0.3) is 0 Å². The Kier molecular flexibility index (Phi) is 8.24. The van der Waals surface area contributed by atoms with E-state index in [1.54, 1.807) is 0 Å². The minimum Gasteiger partial charge on any atom is -0.376 e. The highest BCUT2D eigenvalue weighted by molar-refractivity contribution is 14.0. The van der Waals surface area contributed by atoms with E-state index in [0.29, 0.717) is 32.0 Å². The molecule has 0 saturated carbocycles. The summed E-state index contributed by atoms with van der Waals surface area (Å²) in [6, 6.07) is 7.96. The van der Waals surface area contributed by atoms with E-state index in [2.05, 4.69) is 32.2 Å². The van der Waals surface area contributed by atoms with E-state index in [1.807, 2.05) is 36.7 Å². The molecule has 1 fully saturated rings. The first kappa shape index (κ1) is 23.5. The van der Waals surface area contributed by atoms with Crippen LogP contribution in [0.4, 0.5) is 5.69 Å². The number of hydrogen-bond donors (Lipinski definition) is 3. The van der Waals surface area contributed by atoms with Gasteiger partial charge in [-0.15, -0.1) is 34.2 Å².